The highest BCUT2D eigenvalue weighted by Gasteiger charge is 2.11. The Kier molecular flexibility index (Phi) is 3.01. The molecule has 6 nitrogen and oxygen atoms in total. The molecule has 0 atom stereocenters. The molecule has 0 amide bonds. The second-order valence-corrected chi connectivity index (χ2v) is 4.37. The summed E-state index contributed by atoms with van der Waals surface area (Å²) >= 11 is 1.24. The highest BCUT2D eigenvalue weighted by Crippen LogP contribution is 2.03. The second kappa shape index (κ2) is 4.46. The van der Waals surface area contributed by atoms with Crippen LogP contribution in [0.15, 0.2) is 28.8 Å². The van der Waals surface area contributed by atoms with Gasteiger partial charge < -0.3 is 4.90 Å². The lowest BCUT2D eigenvalue weighted by Crippen LogP contribution is -2.22. The van der Waals surface area contributed by atoms with E-state index in [9.17, 15) is 9.59 Å². The van der Waals surface area contributed by atoms with Gasteiger partial charge in [-0.2, -0.15) is 9.61 Å². The highest BCUT2D eigenvalue weighted by molar-refractivity contribution is 7.14. The molecule has 0 fully saturated rings. The minimum absolute atomic E-state index is 0.0199. The van der Waals surface area contributed by atoms with E-state index < -0.39 is 5.56 Å². The van der Waals surface area contributed by atoms with Gasteiger partial charge in [-0.3, -0.25) is 9.59 Å². The fraction of sp³-hybridized carbons (Fsp3) is 0.200. The number of hydrogen-bond acceptors (Lipinski definition) is 6. The van der Waals surface area contributed by atoms with E-state index in [1.807, 2.05) is 0 Å². The maximum absolute atomic E-state index is 11.9. The van der Waals surface area contributed by atoms with Gasteiger partial charge in [-0.05, 0) is 0 Å². The molecule has 0 spiro atoms. The van der Waals surface area contributed by atoms with E-state index in [1.54, 1.807) is 25.2 Å². The third-order valence-corrected chi connectivity index (χ3v) is 2.71. The van der Waals surface area contributed by atoms with Crippen molar-refractivity contribution in [1.82, 2.24) is 19.5 Å². The van der Waals surface area contributed by atoms with E-state index in [2.05, 4.69) is 10.1 Å². The Morgan fingerprint density at radius 1 is 1.53 bits per heavy atom. The number of aromatic nitrogens is 3. The first-order valence-corrected chi connectivity index (χ1v) is 5.68. The standard InChI is InChI=1S/C10H10N4O2S/c1-13(2)4-3-8(15)7-5-11-10-14(9(7)16)12-6-17-10/h3-6H,1-2H3/b4-3+. The van der Waals surface area contributed by atoms with E-state index in [-0.39, 0.29) is 11.3 Å². The molecule has 88 valence electrons. The monoisotopic (exact) mass is 250 g/mol. The molecule has 0 saturated heterocycles. The smallest absolute Gasteiger partial charge is 0.286 e. The average Bonchev–Trinajstić information content (AvgIpc) is 2.75. The van der Waals surface area contributed by atoms with Gasteiger partial charge >= 0.3 is 0 Å². The van der Waals surface area contributed by atoms with E-state index >= 15 is 0 Å². The fourth-order valence-corrected chi connectivity index (χ4v) is 1.79. The molecule has 17 heavy (non-hydrogen) atoms. The van der Waals surface area contributed by atoms with Crippen LogP contribution in [0.4, 0.5) is 0 Å². The maximum atomic E-state index is 11.9. The number of rotatable bonds is 3. The van der Waals surface area contributed by atoms with Crippen molar-refractivity contribution in [2.24, 2.45) is 0 Å². The van der Waals surface area contributed by atoms with Crippen molar-refractivity contribution in [3.8, 4) is 0 Å². The minimum Gasteiger partial charge on any atom is -0.383 e. The first-order chi connectivity index (χ1) is 8.09. The number of carbonyl (C=O) groups excluding carboxylic acids is 1. The van der Waals surface area contributed by atoms with Gasteiger partial charge in [-0.15, -0.1) is 0 Å². The van der Waals surface area contributed by atoms with Crippen LogP contribution >= 0.6 is 11.3 Å². The van der Waals surface area contributed by atoms with Crippen LogP contribution in [0.5, 0.6) is 0 Å². The zero-order chi connectivity index (χ0) is 12.4. The van der Waals surface area contributed by atoms with Crippen molar-refractivity contribution in [1.29, 1.82) is 0 Å². The van der Waals surface area contributed by atoms with Crippen molar-refractivity contribution in [3.05, 3.63) is 39.9 Å². The third-order valence-electron chi connectivity index (χ3n) is 2.02. The first kappa shape index (κ1) is 11.5. The molecule has 0 aliphatic heterocycles. The molecule has 0 saturated carbocycles. The van der Waals surface area contributed by atoms with Crippen LogP contribution in [0.3, 0.4) is 0 Å². The molecule has 0 aliphatic rings. The van der Waals surface area contributed by atoms with E-state index in [0.717, 1.165) is 4.52 Å². The number of carbonyl (C=O) groups is 1. The largest absolute Gasteiger partial charge is 0.383 e. The van der Waals surface area contributed by atoms with Crippen molar-refractivity contribution in [3.63, 3.8) is 0 Å². The molecule has 2 aromatic heterocycles. The van der Waals surface area contributed by atoms with Gasteiger partial charge in [0.2, 0.25) is 4.96 Å². The van der Waals surface area contributed by atoms with E-state index in [1.165, 1.54) is 29.1 Å². The predicted octanol–water partition coefficient (Wildman–Crippen LogP) is 0.409. The number of nitrogens with zero attached hydrogens (tertiary/aromatic N) is 4. The SMILES string of the molecule is CN(C)/C=C/C(=O)c1cnc2scnn2c1=O. The zero-order valence-electron chi connectivity index (χ0n) is 9.32. The Balaban J connectivity index is 2.46. The number of ketones is 1. The molecular weight excluding hydrogens is 240 g/mol. The summed E-state index contributed by atoms with van der Waals surface area (Å²) in [6.07, 6.45) is 4.20. The maximum Gasteiger partial charge on any atom is 0.286 e. The summed E-state index contributed by atoms with van der Waals surface area (Å²) in [7, 11) is 3.58. The van der Waals surface area contributed by atoms with Gasteiger partial charge in [0.05, 0.1) is 0 Å². The molecule has 0 bridgehead atoms. The highest BCUT2D eigenvalue weighted by atomic mass is 32.1. The molecule has 0 unspecified atom stereocenters. The van der Waals surface area contributed by atoms with Gasteiger partial charge in [0, 0.05) is 32.6 Å². The Bertz CT molecular complexity index is 641. The fourth-order valence-electron chi connectivity index (χ4n) is 1.21. The summed E-state index contributed by atoms with van der Waals surface area (Å²) in [5, 5.41) is 3.83. The molecule has 0 aliphatic carbocycles. The van der Waals surface area contributed by atoms with E-state index in [0.29, 0.717) is 4.96 Å². The van der Waals surface area contributed by atoms with Gasteiger partial charge in [-0.25, -0.2) is 4.98 Å². The van der Waals surface area contributed by atoms with Crippen molar-refractivity contribution in [2.45, 2.75) is 0 Å². The van der Waals surface area contributed by atoms with E-state index in [4.69, 9.17) is 0 Å². The number of hydrogen-bond donors (Lipinski definition) is 0. The number of fused-ring (bicyclic) bond motifs is 1. The lowest BCUT2D eigenvalue weighted by Gasteiger charge is -2.02. The number of allylic oxidation sites excluding steroid dienone is 1. The van der Waals surface area contributed by atoms with Crippen LogP contribution in [0.25, 0.3) is 4.96 Å². The Hall–Kier alpha value is -2.02. The predicted molar refractivity (Wildman–Crippen MR) is 64.3 cm³/mol. The molecule has 0 radical (unpaired) electrons. The molecule has 0 aromatic carbocycles. The summed E-state index contributed by atoms with van der Waals surface area (Å²) in [5.41, 5.74) is 1.09. The van der Waals surface area contributed by atoms with Gasteiger partial charge in [-0.1, -0.05) is 11.3 Å². The molecular formula is C10H10N4O2S. The third kappa shape index (κ3) is 2.23. The quantitative estimate of drug-likeness (QED) is 0.583. The Morgan fingerprint density at radius 2 is 2.29 bits per heavy atom. The van der Waals surface area contributed by atoms with Gasteiger partial charge in [0.25, 0.3) is 5.56 Å². The minimum atomic E-state index is -0.440. The average molecular weight is 250 g/mol. The Morgan fingerprint density at radius 3 is 3.00 bits per heavy atom. The van der Waals surface area contributed by atoms with Gasteiger partial charge in [0.15, 0.2) is 5.78 Å². The Labute approximate surface area is 101 Å². The van der Waals surface area contributed by atoms with Gasteiger partial charge in [0.1, 0.15) is 11.1 Å². The van der Waals surface area contributed by atoms with Crippen LogP contribution in [0.2, 0.25) is 0 Å². The normalized spacial score (nSPS) is 11.2. The lowest BCUT2D eigenvalue weighted by atomic mass is 10.2. The summed E-state index contributed by atoms with van der Waals surface area (Å²) in [5.74, 6) is -0.376. The van der Waals surface area contributed by atoms with Crippen molar-refractivity contribution in [2.75, 3.05) is 14.1 Å². The summed E-state index contributed by atoms with van der Waals surface area (Å²) in [6.45, 7) is 0. The molecule has 7 heteroatoms. The lowest BCUT2D eigenvalue weighted by molar-refractivity contribution is 0.104. The molecule has 2 rings (SSSR count). The summed E-state index contributed by atoms with van der Waals surface area (Å²) in [6, 6.07) is 0. The van der Waals surface area contributed by atoms with Crippen molar-refractivity contribution < 1.29 is 4.79 Å². The zero-order valence-corrected chi connectivity index (χ0v) is 10.1. The van der Waals surface area contributed by atoms with Crippen molar-refractivity contribution >= 4 is 22.1 Å². The van der Waals surface area contributed by atoms with Crippen LogP contribution in [-0.4, -0.2) is 39.4 Å². The molecule has 2 heterocycles. The second-order valence-electron chi connectivity index (χ2n) is 3.55. The van der Waals surface area contributed by atoms with Crippen LogP contribution in [-0.2, 0) is 0 Å². The van der Waals surface area contributed by atoms with Crippen LogP contribution < -0.4 is 5.56 Å². The molecule has 2 aromatic rings. The first-order valence-electron chi connectivity index (χ1n) is 4.80. The van der Waals surface area contributed by atoms with Crippen LogP contribution in [0.1, 0.15) is 10.4 Å². The topological polar surface area (TPSA) is 67.6 Å². The van der Waals surface area contributed by atoms with Crippen LogP contribution in [0, 0.1) is 0 Å². The molecule has 0 N–H and O–H groups in total. The summed E-state index contributed by atoms with van der Waals surface area (Å²) in [4.78, 5) is 29.8. The summed E-state index contributed by atoms with van der Waals surface area (Å²) < 4.78 is 1.13.